The molecule has 0 aromatic heterocycles. The van der Waals surface area contributed by atoms with E-state index < -0.39 is 5.97 Å². The van der Waals surface area contributed by atoms with Gasteiger partial charge in [0, 0.05) is 6.61 Å². The molecule has 0 saturated carbocycles. The highest BCUT2D eigenvalue weighted by molar-refractivity contribution is 5.95. The summed E-state index contributed by atoms with van der Waals surface area (Å²) >= 11 is 0. The Balaban J connectivity index is 2.53. The molecular formula is C18H26O6. The van der Waals surface area contributed by atoms with Gasteiger partial charge in [0.2, 0.25) is 0 Å². The van der Waals surface area contributed by atoms with Crippen LogP contribution in [0.4, 0.5) is 0 Å². The highest BCUT2D eigenvalue weighted by Crippen LogP contribution is 2.28. The largest absolute Gasteiger partial charge is 0.496 e. The van der Waals surface area contributed by atoms with Gasteiger partial charge < -0.3 is 18.9 Å². The average Bonchev–Trinajstić information content (AvgIpc) is 2.59. The second-order valence-electron chi connectivity index (χ2n) is 5.53. The average molecular weight is 338 g/mol. The summed E-state index contributed by atoms with van der Waals surface area (Å²) in [7, 11) is 2.87. The minimum absolute atomic E-state index is 0.236. The molecule has 1 aromatic carbocycles. The van der Waals surface area contributed by atoms with E-state index in [4.69, 9.17) is 18.9 Å². The molecule has 1 aromatic rings. The Morgan fingerprint density at radius 2 is 1.71 bits per heavy atom. The molecule has 134 valence electrons. The maximum atomic E-state index is 12.2. The number of aldehydes is 1. The second-order valence-corrected chi connectivity index (χ2v) is 5.53. The third kappa shape index (κ3) is 6.20. The van der Waals surface area contributed by atoms with Crippen LogP contribution in [0.3, 0.4) is 0 Å². The van der Waals surface area contributed by atoms with Crippen molar-refractivity contribution in [3.63, 3.8) is 0 Å². The van der Waals surface area contributed by atoms with Crippen LogP contribution in [0.5, 0.6) is 11.5 Å². The SMILES string of the molecule is COc1cc(C(=O)OCCCCCOC(C)C)c(OC)cc1C=O. The van der Waals surface area contributed by atoms with Gasteiger partial charge in [0.25, 0.3) is 0 Å². The Labute approximate surface area is 143 Å². The van der Waals surface area contributed by atoms with Gasteiger partial charge in [0.1, 0.15) is 17.1 Å². The van der Waals surface area contributed by atoms with Crippen LogP contribution >= 0.6 is 0 Å². The van der Waals surface area contributed by atoms with Crippen LogP contribution < -0.4 is 9.47 Å². The van der Waals surface area contributed by atoms with Gasteiger partial charge in [-0.15, -0.1) is 0 Å². The Bertz CT molecular complexity index is 539. The molecule has 6 heteroatoms. The molecule has 0 bridgehead atoms. The van der Waals surface area contributed by atoms with Crippen molar-refractivity contribution < 1.29 is 28.5 Å². The first kappa shape index (κ1) is 20.0. The quantitative estimate of drug-likeness (QED) is 0.350. The van der Waals surface area contributed by atoms with E-state index in [0.717, 1.165) is 19.3 Å². The van der Waals surface area contributed by atoms with Crippen molar-refractivity contribution in [3.05, 3.63) is 23.3 Å². The molecule has 1 rings (SSSR count). The Morgan fingerprint density at radius 3 is 2.29 bits per heavy atom. The zero-order chi connectivity index (χ0) is 17.9. The van der Waals surface area contributed by atoms with Crippen molar-refractivity contribution in [2.24, 2.45) is 0 Å². The fourth-order valence-electron chi connectivity index (χ4n) is 2.12. The molecule has 0 fully saturated rings. The fourth-order valence-corrected chi connectivity index (χ4v) is 2.12. The van der Waals surface area contributed by atoms with Crippen LogP contribution in [-0.2, 0) is 9.47 Å². The predicted molar refractivity (Wildman–Crippen MR) is 90.2 cm³/mol. The first-order valence-corrected chi connectivity index (χ1v) is 8.03. The van der Waals surface area contributed by atoms with Crippen LogP contribution in [-0.4, -0.2) is 45.8 Å². The van der Waals surface area contributed by atoms with Crippen molar-refractivity contribution >= 4 is 12.3 Å². The van der Waals surface area contributed by atoms with E-state index in [1.165, 1.54) is 26.4 Å². The normalized spacial score (nSPS) is 10.5. The van der Waals surface area contributed by atoms with Gasteiger partial charge in [-0.3, -0.25) is 4.79 Å². The number of hydrogen-bond acceptors (Lipinski definition) is 6. The van der Waals surface area contributed by atoms with Gasteiger partial charge >= 0.3 is 5.97 Å². The standard InChI is InChI=1S/C18H26O6/c1-13(2)23-8-6-5-7-9-24-18(20)15-11-16(21-3)14(12-19)10-17(15)22-4/h10-13H,5-9H2,1-4H3. The number of carbonyl (C=O) groups is 2. The fraction of sp³-hybridized carbons (Fsp3) is 0.556. The third-order valence-electron chi connectivity index (χ3n) is 3.37. The summed E-state index contributed by atoms with van der Waals surface area (Å²) in [5.74, 6) is 0.0952. The zero-order valence-electron chi connectivity index (χ0n) is 14.8. The smallest absolute Gasteiger partial charge is 0.342 e. The number of ether oxygens (including phenoxy) is 4. The van der Waals surface area contributed by atoms with E-state index in [-0.39, 0.29) is 17.4 Å². The van der Waals surface area contributed by atoms with Crippen LogP contribution in [0, 0.1) is 0 Å². The minimum Gasteiger partial charge on any atom is -0.496 e. The number of unbranched alkanes of at least 4 members (excludes halogenated alkanes) is 2. The van der Waals surface area contributed by atoms with Crippen molar-refractivity contribution in [1.82, 2.24) is 0 Å². The van der Waals surface area contributed by atoms with Gasteiger partial charge in [0.15, 0.2) is 6.29 Å². The number of rotatable bonds is 11. The molecule has 0 aliphatic heterocycles. The topological polar surface area (TPSA) is 71.1 Å². The zero-order valence-corrected chi connectivity index (χ0v) is 14.8. The number of methoxy groups -OCH3 is 2. The van der Waals surface area contributed by atoms with Crippen LogP contribution in [0.15, 0.2) is 12.1 Å². The van der Waals surface area contributed by atoms with Crippen molar-refractivity contribution in [2.75, 3.05) is 27.4 Å². The summed E-state index contributed by atoms with van der Waals surface area (Å²) in [4.78, 5) is 23.2. The summed E-state index contributed by atoms with van der Waals surface area (Å²) in [6.07, 6.45) is 3.50. The molecule has 0 aliphatic rings. The molecule has 0 aliphatic carbocycles. The first-order valence-electron chi connectivity index (χ1n) is 8.03. The van der Waals surface area contributed by atoms with Crippen LogP contribution in [0.2, 0.25) is 0 Å². The van der Waals surface area contributed by atoms with Gasteiger partial charge in [0.05, 0.1) is 32.5 Å². The van der Waals surface area contributed by atoms with Crippen molar-refractivity contribution in [3.8, 4) is 11.5 Å². The molecule has 0 heterocycles. The van der Waals surface area contributed by atoms with Gasteiger partial charge in [-0.25, -0.2) is 4.79 Å². The Kier molecular flexibility index (Phi) is 8.86. The number of benzene rings is 1. The van der Waals surface area contributed by atoms with Crippen molar-refractivity contribution in [2.45, 2.75) is 39.2 Å². The van der Waals surface area contributed by atoms with Gasteiger partial charge in [-0.05, 0) is 45.2 Å². The lowest BCUT2D eigenvalue weighted by molar-refractivity contribution is 0.0483. The number of carbonyl (C=O) groups excluding carboxylic acids is 2. The van der Waals surface area contributed by atoms with E-state index in [9.17, 15) is 9.59 Å². The molecule has 0 saturated heterocycles. The lowest BCUT2D eigenvalue weighted by Crippen LogP contribution is -2.10. The molecule has 24 heavy (non-hydrogen) atoms. The van der Waals surface area contributed by atoms with E-state index in [1.807, 2.05) is 13.8 Å². The Morgan fingerprint density at radius 1 is 1.04 bits per heavy atom. The molecular weight excluding hydrogens is 312 g/mol. The molecule has 0 amide bonds. The van der Waals surface area contributed by atoms with Crippen molar-refractivity contribution in [1.29, 1.82) is 0 Å². The Hall–Kier alpha value is -2.08. The molecule has 0 radical (unpaired) electrons. The maximum absolute atomic E-state index is 12.2. The minimum atomic E-state index is -0.499. The van der Waals surface area contributed by atoms with E-state index in [2.05, 4.69) is 0 Å². The third-order valence-corrected chi connectivity index (χ3v) is 3.37. The van der Waals surface area contributed by atoms with Crippen LogP contribution in [0.1, 0.15) is 53.8 Å². The highest BCUT2D eigenvalue weighted by Gasteiger charge is 2.18. The first-order chi connectivity index (χ1) is 11.5. The molecule has 0 unspecified atom stereocenters. The second kappa shape index (κ2) is 10.6. The summed E-state index contributed by atoms with van der Waals surface area (Å²) in [5.41, 5.74) is 0.555. The lowest BCUT2D eigenvalue weighted by Gasteiger charge is -2.12. The highest BCUT2D eigenvalue weighted by atomic mass is 16.5. The summed E-state index contributed by atoms with van der Waals surface area (Å²) < 4.78 is 21.0. The van der Waals surface area contributed by atoms with Gasteiger partial charge in [-0.1, -0.05) is 0 Å². The van der Waals surface area contributed by atoms with Crippen LogP contribution in [0.25, 0.3) is 0 Å². The summed E-state index contributed by atoms with van der Waals surface area (Å²) in [5, 5.41) is 0. The molecule has 6 nitrogen and oxygen atoms in total. The maximum Gasteiger partial charge on any atom is 0.342 e. The summed E-state index contributed by atoms with van der Waals surface area (Å²) in [6, 6.07) is 2.92. The van der Waals surface area contributed by atoms with E-state index >= 15 is 0 Å². The van der Waals surface area contributed by atoms with E-state index in [0.29, 0.717) is 30.8 Å². The number of hydrogen-bond donors (Lipinski definition) is 0. The number of esters is 1. The monoisotopic (exact) mass is 338 g/mol. The van der Waals surface area contributed by atoms with Gasteiger partial charge in [-0.2, -0.15) is 0 Å². The predicted octanol–water partition coefficient (Wildman–Crippen LogP) is 3.27. The summed E-state index contributed by atoms with van der Waals surface area (Å²) in [6.45, 7) is 5.03. The molecule has 0 atom stereocenters. The van der Waals surface area contributed by atoms with E-state index in [1.54, 1.807) is 0 Å². The molecule has 0 N–H and O–H groups in total. The lowest BCUT2D eigenvalue weighted by atomic mass is 10.1. The molecule has 0 spiro atoms.